The first-order valence-electron chi connectivity index (χ1n) is 8.57. The first kappa shape index (κ1) is 15.7. The van der Waals surface area contributed by atoms with E-state index < -0.39 is 0 Å². The first-order chi connectivity index (χ1) is 11.4. The molecule has 0 N–H and O–H groups in total. The highest BCUT2D eigenvalue weighted by atomic mass is 15.1. The summed E-state index contributed by atoms with van der Waals surface area (Å²) in [6, 6.07) is 10.7. The van der Waals surface area contributed by atoms with E-state index in [0.29, 0.717) is 0 Å². The predicted octanol–water partition coefficient (Wildman–Crippen LogP) is 4.19. The van der Waals surface area contributed by atoms with Crippen molar-refractivity contribution in [1.82, 2.24) is 19.5 Å². The zero-order valence-corrected chi connectivity index (χ0v) is 13.8. The van der Waals surface area contributed by atoms with Crippen LogP contribution in [0.4, 0.5) is 0 Å². The Bertz CT molecular complexity index is 733. The summed E-state index contributed by atoms with van der Waals surface area (Å²) in [5, 5.41) is 0. The predicted molar refractivity (Wildman–Crippen MR) is 93.3 cm³/mol. The Kier molecular flexibility index (Phi) is 5.35. The van der Waals surface area contributed by atoms with Gasteiger partial charge >= 0.3 is 0 Å². The molecule has 0 aliphatic heterocycles. The van der Waals surface area contributed by atoms with Crippen LogP contribution in [-0.4, -0.2) is 19.5 Å². The third-order valence-corrected chi connectivity index (χ3v) is 4.12. The van der Waals surface area contributed by atoms with E-state index in [9.17, 15) is 0 Å². The second-order valence-corrected chi connectivity index (χ2v) is 5.98. The molecule has 3 rings (SSSR count). The molecule has 0 radical (unpaired) electrons. The van der Waals surface area contributed by atoms with E-state index in [2.05, 4.69) is 51.8 Å². The Hall–Kier alpha value is -2.23. The van der Waals surface area contributed by atoms with Crippen LogP contribution in [0.1, 0.15) is 44.0 Å². The van der Waals surface area contributed by atoms with Crippen LogP contribution in [0.3, 0.4) is 0 Å². The maximum absolute atomic E-state index is 4.70. The molecule has 0 saturated carbocycles. The third-order valence-electron chi connectivity index (χ3n) is 4.12. The number of hydrogen-bond donors (Lipinski definition) is 0. The SMILES string of the molecule is CCCCc1ncc2ncn(CCCCc3ccccc3)c2n1. The fraction of sp³-hybridized carbons (Fsp3) is 0.421. The Balaban J connectivity index is 1.59. The summed E-state index contributed by atoms with van der Waals surface area (Å²) in [5.74, 6) is 0.936. The molecule has 1 aromatic carbocycles. The number of rotatable bonds is 8. The standard InChI is InChI=1S/C19H24N4/c1-2-3-12-18-20-14-17-19(22-18)23(15-21-17)13-8-7-11-16-9-5-4-6-10-16/h4-6,9-10,14-15H,2-3,7-8,11-13H2,1H3. The molecule has 0 saturated heterocycles. The lowest BCUT2D eigenvalue weighted by molar-refractivity contribution is 0.616. The van der Waals surface area contributed by atoms with Gasteiger partial charge in [-0.2, -0.15) is 0 Å². The van der Waals surface area contributed by atoms with Gasteiger partial charge in [-0.05, 0) is 31.2 Å². The molecular weight excluding hydrogens is 284 g/mol. The molecule has 4 nitrogen and oxygen atoms in total. The van der Waals surface area contributed by atoms with E-state index in [0.717, 1.165) is 49.2 Å². The van der Waals surface area contributed by atoms with E-state index in [1.165, 1.54) is 18.4 Å². The highest BCUT2D eigenvalue weighted by Crippen LogP contribution is 2.12. The van der Waals surface area contributed by atoms with Gasteiger partial charge in [0.2, 0.25) is 0 Å². The number of nitrogens with zero attached hydrogens (tertiary/aromatic N) is 4. The van der Waals surface area contributed by atoms with Crippen LogP contribution < -0.4 is 0 Å². The van der Waals surface area contributed by atoms with Gasteiger partial charge in [0.05, 0.1) is 12.5 Å². The molecule has 0 unspecified atom stereocenters. The molecule has 0 aliphatic rings. The number of benzene rings is 1. The van der Waals surface area contributed by atoms with Crippen LogP contribution in [0.2, 0.25) is 0 Å². The summed E-state index contributed by atoms with van der Waals surface area (Å²) in [4.78, 5) is 13.5. The summed E-state index contributed by atoms with van der Waals surface area (Å²) in [6.45, 7) is 3.16. The Labute approximate surface area is 137 Å². The smallest absolute Gasteiger partial charge is 0.163 e. The van der Waals surface area contributed by atoms with E-state index >= 15 is 0 Å². The van der Waals surface area contributed by atoms with Crippen molar-refractivity contribution in [1.29, 1.82) is 0 Å². The average Bonchev–Trinajstić information content (AvgIpc) is 3.00. The number of imidazole rings is 1. The number of aryl methyl sites for hydroxylation is 3. The molecule has 23 heavy (non-hydrogen) atoms. The average molecular weight is 308 g/mol. The van der Waals surface area contributed by atoms with Gasteiger partial charge in [0, 0.05) is 13.0 Å². The van der Waals surface area contributed by atoms with Gasteiger partial charge < -0.3 is 4.57 Å². The normalized spacial score (nSPS) is 11.2. The van der Waals surface area contributed by atoms with Gasteiger partial charge in [0.25, 0.3) is 0 Å². The van der Waals surface area contributed by atoms with Crippen molar-refractivity contribution in [2.45, 2.75) is 52.0 Å². The van der Waals surface area contributed by atoms with E-state index in [4.69, 9.17) is 4.98 Å². The molecule has 0 aliphatic carbocycles. The van der Waals surface area contributed by atoms with Crippen molar-refractivity contribution < 1.29 is 0 Å². The Morgan fingerprint density at radius 1 is 0.957 bits per heavy atom. The minimum absolute atomic E-state index is 0.897. The van der Waals surface area contributed by atoms with Crippen molar-refractivity contribution in [2.24, 2.45) is 0 Å². The number of hydrogen-bond acceptors (Lipinski definition) is 3. The second kappa shape index (κ2) is 7.86. The molecule has 2 heterocycles. The quantitative estimate of drug-likeness (QED) is 0.586. The van der Waals surface area contributed by atoms with Crippen LogP contribution in [-0.2, 0) is 19.4 Å². The molecule has 120 valence electrons. The fourth-order valence-electron chi connectivity index (χ4n) is 2.77. The molecule has 0 amide bonds. The zero-order valence-electron chi connectivity index (χ0n) is 13.8. The summed E-state index contributed by atoms with van der Waals surface area (Å²) in [6.07, 6.45) is 10.4. The van der Waals surface area contributed by atoms with Crippen molar-refractivity contribution in [3.8, 4) is 0 Å². The van der Waals surface area contributed by atoms with Crippen LogP contribution >= 0.6 is 0 Å². The maximum Gasteiger partial charge on any atom is 0.163 e. The van der Waals surface area contributed by atoms with Crippen LogP contribution in [0.25, 0.3) is 11.2 Å². The molecule has 0 fully saturated rings. The third kappa shape index (κ3) is 4.15. The number of unbranched alkanes of at least 4 members (excludes halogenated alkanes) is 2. The number of aromatic nitrogens is 4. The van der Waals surface area contributed by atoms with Gasteiger partial charge in [-0.25, -0.2) is 15.0 Å². The molecule has 2 aromatic heterocycles. The van der Waals surface area contributed by atoms with Crippen molar-refractivity contribution in [3.05, 3.63) is 54.2 Å². The van der Waals surface area contributed by atoms with E-state index in [1.807, 2.05) is 12.5 Å². The van der Waals surface area contributed by atoms with Crippen molar-refractivity contribution in [2.75, 3.05) is 0 Å². The molecule has 0 atom stereocenters. The van der Waals surface area contributed by atoms with E-state index in [1.54, 1.807) is 0 Å². The fourth-order valence-corrected chi connectivity index (χ4v) is 2.77. The van der Waals surface area contributed by atoms with Crippen molar-refractivity contribution >= 4 is 11.2 Å². The minimum Gasteiger partial charge on any atom is -0.315 e. The second-order valence-electron chi connectivity index (χ2n) is 5.98. The van der Waals surface area contributed by atoms with Crippen LogP contribution in [0.15, 0.2) is 42.9 Å². The molecule has 3 aromatic rings. The summed E-state index contributed by atoms with van der Waals surface area (Å²) in [5.41, 5.74) is 3.28. The largest absolute Gasteiger partial charge is 0.315 e. The monoisotopic (exact) mass is 308 g/mol. The summed E-state index contributed by atoms with van der Waals surface area (Å²) in [7, 11) is 0. The van der Waals surface area contributed by atoms with Gasteiger partial charge in [-0.1, -0.05) is 43.7 Å². The first-order valence-corrected chi connectivity index (χ1v) is 8.57. The Morgan fingerprint density at radius 3 is 2.65 bits per heavy atom. The van der Waals surface area contributed by atoms with E-state index in [-0.39, 0.29) is 0 Å². The van der Waals surface area contributed by atoms with Crippen LogP contribution in [0.5, 0.6) is 0 Å². The lowest BCUT2D eigenvalue weighted by Gasteiger charge is -2.05. The lowest BCUT2D eigenvalue weighted by Crippen LogP contribution is -2.01. The van der Waals surface area contributed by atoms with Crippen LogP contribution in [0, 0.1) is 0 Å². The minimum atomic E-state index is 0.897. The zero-order chi connectivity index (χ0) is 15.9. The highest BCUT2D eigenvalue weighted by Gasteiger charge is 2.06. The van der Waals surface area contributed by atoms with Gasteiger partial charge in [0.1, 0.15) is 11.3 Å². The van der Waals surface area contributed by atoms with Crippen molar-refractivity contribution in [3.63, 3.8) is 0 Å². The van der Waals surface area contributed by atoms with Gasteiger partial charge in [-0.15, -0.1) is 0 Å². The number of fused-ring (bicyclic) bond motifs is 1. The summed E-state index contributed by atoms with van der Waals surface area (Å²) < 4.78 is 2.16. The summed E-state index contributed by atoms with van der Waals surface area (Å²) >= 11 is 0. The molecule has 0 spiro atoms. The molecule has 0 bridgehead atoms. The van der Waals surface area contributed by atoms with Gasteiger partial charge in [0.15, 0.2) is 5.65 Å². The molecule has 4 heteroatoms. The topological polar surface area (TPSA) is 43.6 Å². The maximum atomic E-state index is 4.70. The molecular formula is C19H24N4. The lowest BCUT2D eigenvalue weighted by atomic mass is 10.1. The highest BCUT2D eigenvalue weighted by molar-refractivity contribution is 5.69. The van der Waals surface area contributed by atoms with Gasteiger partial charge in [-0.3, -0.25) is 0 Å². The Morgan fingerprint density at radius 2 is 1.83 bits per heavy atom.